The van der Waals surface area contributed by atoms with Crippen molar-refractivity contribution in [3.05, 3.63) is 58.9 Å². The number of benzene rings is 2. The van der Waals surface area contributed by atoms with Gasteiger partial charge in [0.25, 0.3) is 0 Å². The number of hydrogen-bond donors (Lipinski definition) is 3. The lowest BCUT2D eigenvalue weighted by molar-refractivity contribution is -0.116. The van der Waals surface area contributed by atoms with E-state index in [9.17, 15) is 9.90 Å². The summed E-state index contributed by atoms with van der Waals surface area (Å²) < 4.78 is 2.26. The first-order valence-electron chi connectivity index (χ1n) is 7.84. The molecule has 25 heavy (non-hydrogen) atoms. The van der Waals surface area contributed by atoms with Crippen LogP contribution in [0.4, 0.5) is 5.69 Å². The highest BCUT2D eigenvalue weighted by Gasteiger charge is 2.11. The molecule has 0 radical (unpaired) electrons. The zero-order valence-electron chi connectivity index (χ0n) is 13.7. The average molecular weight is 354 g/mol. The molecule has 0 fully saturated rings. The molecule has 3 rings (SSSR count). The van der Waals surface area contributed by atoms with Crippen LogP contribution in [0, 0.1) is 11.7 Å². The molecule has 0 saturated heterocycles. The Morgan fingerprint density at radius 2 is 1.96 bits per heavy atom. The van der Waals surface area contributed by atoms with E-state index >= 15 is 0 Å². The monoisotopic (exact) mass is 354 g/mol. The number of phenolic OH excluding ortho intramolecular Hbond substituents is 1. The lowest BCUT2D eigenvalue weighted by Gasteiger charge is -2.09. The molecular weight excluding hydrogens is 336 g/mol. The van der Waals surface area contributed by atoms with Crippen molar-refractivity contribution >= 4 is 23.8 Å². The molecule has 0 bridgehead atoms. The second-order valence-electron chi connectivity index (χ2n) is 5.69. The highest BCUT2D eigenvalue weighted by Crippen LogP contribution is 2.22. The Labute approximate surface area is 150 Å². The van der Waals surface area contributed by atoms with Gasteiger partial charge in [0.2, 0.25) is 5.91 Å². The number of carbonyl (C=O) groups excluding carboxylic acids is 1. The molecule has 0 aliphatic rings. The van der Waals surface area contributed by atoms with Crippen molar-refractivity contribution in [2.45, 2.75) is 19.9 Å². The summed E-state index contributed by atoms with van der Waals surface area (Å²) in [5.41, 5.74) is 2.48. The summed E-state index contributed by atoms with van der Waals surface area (Å²) in [6.45, 7) is 2.40. The van der Waals surface area contributed by atoms with E-state index in [1.807, 2.05) is 31.2 Å². The molecule has 3 N–H and O–H groups in total. The molecule has 6 nitrogen and oxygen atoms in total. The SMILES string of the molecule is Cc1ccc(-c2n[nH]c(=S)n2CCC(=O)Nc2ccccc2O)cc1. The van der Waals surface area contributed by atoms with E-state index in [0.29, 0.717) is 22.8 Å². The normalized spacial score (nSPS) is 10.6. The van der Waals surface area contributed by atoms with Crippen LogP contribution in [0.3, 0.4) is 0 Å². The molecule has 1 amide bonds. The predicted molar refractivity (Wildman–Crippen MR) is 98.9 cm³/mol. The van der Waals surface area contributed by atoms with Gasteiger partial charge in [-0.25, -0.2) is 0 Å². The van der Waals surface area contributed by atoms with Crippen LogP contribution in [0.1, 0.15) is 12.0 Å². The number of phenols is 1. The third kappa shape index (κ3) is 3.95. The first-order chi connectivity index (χ1) is 12.0. The smallest absolute Gasteiger partial charge is 0.226 e. The Balaban J connectivity index is 1.72. The summed E-state index contributed by atoms with van der Waals surface area (Å²) in [5.74, 6) is 0.524. The highest BCUT2D eigenvalue weighted by atomic mass is 32.1. The maximum Gasteiger partial charge on any atom is 0.226 e. The van der Waals surface area contributed by atoms with Crippen LogP contribution < -0.4 is 5.32 Å². The van der Waals surface area contributed by atoms with Gasteiger partial charge in [-0.15, -0.1) is 0 Å². The van der Waals surface area contributed by atoms with Crippen molar-refractivity contribution in [2.24, 2.45) is 0 Å². The van der Waals surface area contributed by atoms with E-state index in [4.69, 9.17) is 12.2 Å². The summed E-state index contributed by atoms with van der Waals surface area (Å²) in [6, 6.07) is 14.6. The van der Waals surface area contributed by atoms with Crippen LogP contribution in [-0.4, -0.2) is 25.8 Å². The summed E-state index contributed by atoms with van der Waals surface area (Å²) in [4.78, 5) is 12.2. The Hall–Kier alpha value is -2.93. The quantitative estimate of drug-likeness (QED) is 0.482. The lowest BCUT2D eigenvalue weighted by Crippen LogP contribution is -2.15. The minimum Gasteiger partial charge on any atom is -0.506 e. The molecule has 7 heteroatoms. The van der Waals surface area contributed by atoms with Crippen LogP contribution in [-0.2, 0) is 11.3 Å². The molecule has 2 aromatic carbocycles. The number of amides is 1. The van der Waals surface area contributed by atoms with Gasteiger partial charge in [-0.1, -0.05) is 42.0 Å². The molecule has 3 aromatic rings. The van der Waals surface area contributed by atoms with E-state index in [-0.39, 0.29) is 18.1 Å². The molecule has 0 atom stereocenters. The van der Waals surface area contributed by atoms with Crippen LogP contribution in [0.15, 0.2) is 48.5 Å². The van der Waals surface area contributed by atoms with Gasteiger partial charge in [-0.05, 0) is 31.3 Å². The zero-order valence-corrected chi connectivity index (χ0v) is 14.5. The molecule has 0 aliphatic heterocycles. The number of aromatic amines is 1. The molecule has 0 spiro atoms. The Kier molecular flexibility index (Phi) is 4.95. The summed E-state index contributed by atoms with van der Waals surface area (Å²) in [7, 11) is 0. The van der Waals surface area contributed by atoms with Crippen molar-refractivity contribution < 1.29 is 9.90 Å². The molecule has 0 aliphatic carbocycles. The van der Waals surface area contributed by atoms with Crippen LogP contribution in [0.25, 0.3) is 11.4 Å². The maximum atomic E-state index is 12.2. The number of H-pyrrole nitrogens is 1. The van der Waals surface area contributed by atoms with E-state index < -0.39 is 0 Å². The van der Waals surface area contributed by atoms with Crippen molar-refractivity contribution in [1.82, 2.24) is 14.8 Å². The van der Waals surface area contributed by atoms with Crippen molar-refractivity contribution in [3.8, 4) is 17.1 Å². The summed E-state index contributed by atoms with van der Waals surface area (Å²) >= 11 is 5.27. The summed E-state index contributed by atoms with van der Waals surface area (Å²) in [5, 5.41) is 19.5. The molecular formula is C18H18N4O2S. The van der Waals surface area contributed by atoms with Gasteiger partial charge in [0, 0.05) is 18.5 Å². The van der Waals surface area contributed by atoms with Crippen molar-refractivity contribution in [2.75, 3.05) is 5.32 Å². The first kappa shape index (κ1) is 16.9. The number of aromatic nitrogens is 3. The Bertz CT molecular complexity index is 944. The number of nitrogens with zero attached hydrogens (tertiary/aromatic N) is 2. The average Bonchev–Trinajstić information content (AvgIpc) is 2.96. The minimum absolute atomic E-state index is 0.0381. The third-order valence-corrected chi connectivity index (χ3v) is 4.12. The predicted octanol–water partition coefficient (Wildman–Crippen LogP) is 3.65. The van der Waals surface area contributed by atoms with E-state index in [1.165, 1.54) is 6.07 Å². The number of hydrogen-bond acceptors (Lipinski definition) is 4. The number of aryl methyl sites for hydroxylation is 1. The van der Waals surface area contributed by atoms with Gasteiger partial charge < -0.3 is 10.4 Å². The van der Waals surface area contributed by atoms with Gasteiger partial charge in [0.1, 0.15) is 5.75 Å². The second kappa shape index (κ2) is 7.31. The molecule has 1 aromatic heterocycles. The van der Waals surface area contributed by atoms with Crippen molar-refractivity contribution in [3.63, 3.8) is 0 Å². The van der Waals surface area contributed by atoms with E-state index in [1.54, 1.807) is 22.8 Å². The number of nitrogens with one attached hydrogen (secondary N) is 2. The number of carbonyl (C=O) groups is 1. The fourth-order valence-electron chi connectivity index (χ4n) is 2.45. The maximum absolute atomic E-state index is 12.2. The highest BCUT2D eigenvalue weighted by molar-refractivity contribution is 7.71. The van der Waals surface area contributed by atoms with Crippen LogP contribution in [0.2, 0.25) is 0 Å². The van der Waals surface area contributed by atoms with Crippen molar-refractivity contribution in [1.29, 1.82) is 0 Å². The molecule has 1 heterocycles. The van der Waals surface area contributed by atoms with Crippen LogP contribution >= 0.6 is 12.2 Å². The minimum atomic E-state index is -0.209. The van der Waals surface area contributed by atoms with Gasteiger partial charge >= 0.3 is 0 Å². The summed E-state index contributed by atoms with van der Waals surface area (Å²) in [6.07, 6.45) is 0.209. The lowest BCUT2D eigenvalue weighted by atomic mass is 10.1. The molecule has 0 saturated carbocycles. The van der Waals surface area contributed by atoms with Gasteiger partial charge in [-0.2, -0.15) is 5.10 Å². The number of aromatic hydroxyl groups is 1. The largest absolute Gasteiger partial charge is 0.506 e. The fraction of sp³-hybridized carbons (Fsp3) is 0.167. The van der Waals surface area contributed by atoms with Gasteiger partial charge in [0.05, 0.1) is 5.69 Å². The second-order valence-corrected chi connectivity index (χ2v) is 6.07. The molecule has 0 unspecified atom stereocenters. The van der Waals surface area contributed by atoms with E-state index in [0.717, 1.165) is 11.1 Å². The number of anilines is 1. The third-order valence-electron chi connectivity index (χ3n) is 3.81. The van der Waals surface area contributed by atoms with Gasteiger partial charge in [-0.3, -0.25) is 14.5 Å². The fourth-order valence-corrected chi connectivity index (χ4v) is 2.68. The standard InChI is InChI=1S/C18H18N4O2S/c1-12-6-8-13(9-7-12)17-20-21-18(25)22(17)11-10-16(24)19-14-4-2-3-5-15(14)23/h2-9,23H,10-11H2,1H3,(H,19,24)(H,21,25). The zero-order chi connectivity index (χ0) is 17.8. The number of rotatable bonds is 5. The van der Waals surface area contributed by atoms with Crippen LogP contribution in [0.5, 0.6) is 5.75 Å². The molecule has 128 valence electrons. The van der Waals surface area contributed by atoms with E-state index in [2.05, 4.69) is 15.5 Å². The van der Waals surface area contributed by atoms with Gasteiger partial charge in [0.15, 0.2) is 10.6 Å². The Morgan fingerprint density at radius 3 is 2.68 bits per heavy atom. The Morgan fingerprint density at radius 1 is 1.24 bits per heavy atom. The first-order valence-corrected chi connectivity index (χ1v) is 8.25. The number of para-hydroxylation sites is 2. The topological polar surface area (TPSA) is 82.9 Å².